The molecule has 1 aliphatic rings. The highest BCUT2D eigenvalue weighted by Crippen LogP contribution is 2.18. The van der Waals surface area contributed by atoms with Crippen LogP contribution in [0.5, 0.6) is 0 Å². The van der Waals surface area contributed by atoms with Gasteiger partial charge >= 0.3 is 5.88 Å². The predicted octanol–water partition coefficient (Wildman–Crippen LogP) is 2.15. The molecule has 0 saturated carbocycles. The molecule has 1 aliphatic heterocycles. The van der Waals surface area contributed by atoms with E-state index in [9.17, 15) is 19.7 Å². The van der Waals surface area contributed by atoms with E-state index in [1.165, 1.54) is 12.1 Å². The number of anilines is 1. The van der Waals surface area contributed by atoms with Crippen LogP contribution < -0.4 is 5.32 Å². The van der Waals surface area contributed by atoms with Crippen molar-refractivity contribution in [2.24, 2.45) is 0 Å². The van der Waals surface area contributed by atoms with E-state index in [4.69, 9.17) is 4.42 Å². The molecule has 0 spiro atoms. The van der Waals surface area contributed by atoms with Crippen molar-refractivity contribution in [2.45, 2.75) is 13.3 Å². The molecule has 28 heavy (non-hydrogen) atoms. The molecule has 9 heteroatoms. The van der Waals surface area contributed by atoms with Crippen LogP contribution in [-0.2, 0) is 11.2 Å². The lowest BCUT2D eigenvalue weighted by molar-refractivity contribution is -0.402. The van der Waals surface area contributed by atoms with Crippen LogP contribution in [0, 0.1) is 10.1 Å². The summed E-state index contributed by atoms with van der Waals surface area (Å²) >= 11 is 0. The molecule has 2 amide bonds. The molecule has 0 atom stereocenters. The Labute approximate surface area is 162 Å². The third-order valence-corrected chi connectivity index (χ3v) is 4.68. The molecule has 1 fully saturated rings. The van der Waals surface area contributed by atoms with Gasteiger partial charge in [0.15, 0.2) is 5.76 Å². The third kappa shape index (κ3) is 4.55. The van der Waals surface area contributed by atoms with Crippen molar-refractivity contribution < 1.29 is 18.9 Å². The molecule has 0 bridgehead atoms. The lowest BCUT2D eigenvalue weighted by atomic mass is 10.1. The maximum absolute atomic E-state index is 12.4. The van der Waals surface area contributed by atoms with Gasteiger partial charge in [0.25, 0.3) is 5.91 Å². The van der Waals surface area contributed by atoms with Gasteiger partial charge in [0.1, 0.15) is 4.92 Å². The van der Waals surface area contributed by atoms with Crippen molar-refractivity contribution in [1.82, 2.24) is 9.80 Å². The van der Waals surface area contributed by atoms with E-state index in [-0.39, 0.29) is 24.1 Å². The van der Waals surface area contributed by atoms with E-state index in [1.807, 2.05) is 36.1 Å². The second kappa shape index (κ2) is 8.66. The fourth-order valence-electron chi connectivity index (χ4n) is 3.15. The lowest BCUT2D eigenvalue weighted by Crippen LogP contribution is -2.50. The Morgan fingerprint density at radius 3 is 2.50 bits per heavy atom. The van der Waals surface area contributed by atoms with Crippen LogP contribution in [0.1, 0.15) is 23.0 Å². The highest BCUT2D eigenvalue weighted by atomic mass is 16.6. The van der Waals surface area contributed by atoms with Crippen molar-refractivity contribution in [1.29, 1.82) is 0 Å². The van der Waals surface area contributed by atoms with Crippen molar-refractivity contribution >= 4 is 23.4 Å². The molecule has 0 radical (unpaired) electrons. The number of hydrogen-bond donors (Lipinski definition) is 1. The van der Waals surface area contributed by atoms with E-state index < -0.39 is 10.8 Å². The van der Waals surface area contributed by atoms with Crippen LogP contribution in [0.15, 0.2) is 40.8 Å². The molecule has 2 heterocycles. The van der Waals surface area contributed by atoms with Gasteiger partial charge in [-0.05, 0) is 24.1 Å². The van der Waals surface area contributed by atoms with Crippen molar-refractivity contribution in [3.05, 3.63) is 57.8 Å². The Kier molecular flexibility index (Phi) is 6.05. The summed E-state index contributed by atoms with van der Waals surface area (Å²) in [5.41, 5.74) is 1.90. The molecule has 1 aromatic heterocycles. The normalized spacial score (nSPS) is 14.7. The predicted molar refractivity (Wildman–Crippen MR) is 102 cm³/mol. The minimum absolute atomic E-state index is 0.0472. The first-order chi connectivity index (χ1) is 13.5. The molecule has 1 saturated heterocycles. The molecular weight excluding hydrogens is 364 g/mol. The summed E-state index contributed by atoms with van der Waals surface area (Å²) in [5.74, 6) is -0.975. The molecule has 1 N–H and O–H groups in total. The summed E-state index contributed by atoms with van der Waals surface area (Å²) < 4.78 is 4.97. The highest BCUT2D eigenvalue weighted by Gasteiger charge is 2.26. The number of piperazine rings is 1. The van der Waals surface area contributed by atoms with Gasteiger partial charge in [-0.25, -0.2) is 0 Å². The third-order valence-electron chi connectivity index (χ3n) is 4.68. The van der Waals surface area contributed by atoms with Crippen LogP contribution in [0.4, 0.5) is 11.6 Å². The molecule has 9 nitrogen and oxygen atoms in total. The first-order valence-electron chi connectivity index (χ1n) is 9.11. The number of nitro groups is 1. The number of amides is 2. The van der Waals surface area contributed by atoms with Crippen molar-refractivity contribution in [3.63, 3.8) is 0 Å². The van der Waals surface area contributed by atoms with Crippen LogP contribution >= 0.6 is 0 Å². The zero-order chi connectivity index (χ0) is 20.1. The summed E-state index contributed by atoms with van der Waals surface area (Å²) in [6, 6.07) is 10.2. The van der Waals surface area contributed by atoms with E-state index in [0.29, 0.717) is 26.2 Å². The van der Waals surface area contributed by atoms with Crippen LogP contribution in [-0.4, -0.2) is 59.3 Å². The van der Waals surface area contributed by atoms with Crippen molar-refractivity contribution in [3.8, 4) is 0 Å². The van der Waals surface area contributed by atoms with Gasteiger partial charge in [0.2, 0.25) is 5.91 Å². The number of aryl methyl sites for hydroxylation is 1. The fraction of sp³-hybridized carbons (Fsp3) is 0.368. The average Bonchev–Trinajstić information content (AvgIpc) is 3.19. The van der Waals surface area contributed by atoms with Gasteiger partial charge in [-0.2, -0.15) is 0 Å². The van der Waals surface area contributed by atoms with Crippen LogP contribution in [0.2, 0.25) is 0 Å². The smallest absolute Gasteiger partial charge is 0.395 e. The number of hydrogen-bond acceptors (Lipinski definition) is 6. The summed E-state index contributed by atoms with van der Waals surface area (Å²) in [6.07, 6.45) is 0.835. The Balaban J connectivity index is 1.50. The van der Waals surface area contributed by atoms with E-state index in [0.717, 1.165) is 17.7 Å². The van der Waals surface area contributed by atoms with E-state index in [2.05, 4.69) is 5.32 Å². The zero-order valence-corrected chi connectivity index (χ0v) is 15.6. The second-order valence-electron chi connectivity index (χ2n) is 6.52. The Hall–Kier alpha value is -3.20. The Morgan fingerprint density at radius 1 is 1.14 bits per heavy atom. The van der Waals surface area contributed by atoms with Gasteiger partial charge < -0.3 is 14.6 Å². The minimum Gasteiger partial charge on any atom is -0.395 e. The topological polar surface area (TPSA) is 109 Å². The maximum atomic E-state index is 12.4. The number of carbonyl (C=O) groups is 2. The lowest BCUT2D eigenvalue weighted by Gasteiger charge is -2.33. The average molecular weight is 386 g/mol. The van der Waals surface area contributed by atoms with E-state index >= 15 is 0 Å². The summed E-state index contributed by atoms with van der Waals surface area (Å²) in [5, 5.41) is 13.6. The minimum atomic E-state index is -0.677. The SMILES string of the molecule is CCc1ccccc1NC(=O)CN1CCN(C(=O)c2ccc([N+](=O)[O-])o2)CC1. The molecular formula is C19H22N4O5. The number of carbonyl (C=O) groups excluding carboxylic acids is 2. The summed E-state index contributed by atoms with van der Waals surface area (Å²) in [4.78, 5) is 38.3. The monoisotopic (exact) mass is 386 g/mol. The van der Waals surface area contributed by atoms with Gasteiger partial charge in [0.05, 0.1) is 12.6 Å². The van der Waals surface area contributed by atoms with Crippen LogP contribution in [0.3, 0.4) is 0 Å². The summed E-state index contributed by atoms with van der Waals surface area (Å²) in [7, 11) is 0. The number of nitrogens with zero attached hydrogens (tertiary/aromatic N) is 3. The quantitative estimate of drug-likeness (QED) is 0.602. The number of nitrogens with one attached hydrogen (secondary N) is 1. The van der Waals surface area contributed by atoms with Gasteiger partial charge in [0, 0.05) is 31.9 Å². The number of benzene rings is 1. The first kappa shape index (κ1) is 19.6. The zero-order valence-electron chi connectivity index (χ0n) is 15.6. The molecule has 1 aromatic carbocycles. The second-order valence-corrected chi connectivity index (χ2v) is 6.52. The number of furan rings is 1. The fourth-order valence-corrected chi connectivity index (χ4v) is 3.15. The molecule has 3 rings (SSSR count). The molecule has 0 aliphatic carbocycles. The maximum Gasteiger partial charge on any atom is 0.433 e. The van der Waals surface area contributed by atoms with Gasteiger partial charge in [-0.3, -0.25) is 24.6 Å². The first-order valence-corrected chi connectivity index (χ1v) is 9.11. The summed E-state index contributed by atoms with van der Waals surface area (Å²) in [6.45, 7) is 4.20. The largest absolute Gasteiger partial charge is 0.433 e. The Morgan fingerprint density at radius 2 is 1.86 bits per heavy atom. The van der Waals surface area contributed by atoms with Crippen molar-refractivity contribution in [2.75, 3.05) is 38.0 Å². The number of para-hydroxylation sites is 1. The molecule has 0 unspecified atom stereocenters. The Bertz CT molecular complexity index is 871. The van der Waals surface area contributed by atoms with E-state index in [1.54, 1.807) is 4.90 Å². The van der Waals surface area contributed by atoms with Gasteiger partial charge in [-0.1, -0.05) is 25.1 Å². The molecule has 2 aromatic rings. The number of rotatable bonds is 6. The van der Waals surface area contributed by atoms with Crippen LogP contribution in [0.25, 0.3) is 0 Å². The highest BCUT2D eigenvalue weighted by molar-refractivity contribution is 5.93. The van der Waals surface area contributed by atoms with Gasteiger partial charge in [-0.15, -0.1) is 0 Å². The standard InChI is InChI=1S/C19H22N4O5/c1-2-14-5-3-4-6-15(14)20-17(24)13-21-9-11-22(12-10-21)19(25)16-7-8-18(28-16)23(26)27/h3-8H,2,9-13H2,1H3,(H,20,24). The molecule has 148 valence electrons.